The first-order valence-corrected chi connectivity index (χ1v) is 10.2. The minimum absolute atomic E-state index is 0.0213. The third-order valence-electron chi connectivity index (χ3n) is 4.83. The Kier molecular flexibility index (Phi) is 8.05. The number of nitrogens with one attached hydrogen (secondary N) is 1. The molecule has 1 atom stereocenters. The van der Waals surface area contributed by atoms with Gasteiger partial charge in [0, 0.05) is 12.5 Å². The largest absolute Gasteiger partial charge is 0.489 e. The molecule has 0 radical (unpaired) electrons. The molecule has 0 saturated carbocycles. The zero-order valence-electron chi connectivity index (χ0n) is 17.0. The molecule has 0 unspecified atom stereocenters. The first-order valence-electron chi connectivity index (χ1n) is 10.2. The highest BCUT2D eigenvalue weighted by molar-refractivity contribution is 5.78. The average molecular weight is 399 g/mol. The van der Waals surface area contributed by atoms with Crippen molar-refractivity contribution in [1.29, 1.82) is 5.26 Å². The molecule has 0 aliphatic carbocycles. The molecule has 3 aromatic rings. The van der Waals surface area contributed by atoms with E-state index in [0.29, 0.717) is 32.3 Å². The van der Waals surface area contributed by atoms with Gasteiger partial charge in [-0.3, -0.25) is 4.79 Å². The quantitative estimate of drug-likeness (QED) is 0.532. The topological polar surface area (TPSA) is 62.1 Å². The normalized spacial score (nSPS) is 11.3. The molecule has 0 bridgehead atoms. The van der Waals surface area contributed by atoms with Crippen molar-refractivity contribution in [3.05, 3.63) is 102 Å². The molecule has 0 heterocycles. The molecule has 3 aromatic carbocycles. The van der Waals surface area contributed by atoms with Crippen molar-refractivity contribution in [2.75, 3.05) is 0 Å². The molecule has 152 valence electrons. The van der Waals surface area contributed by atoms with Crippen LogP contribution in [-0.4, -0.2) is 11.9 Å². The molecule has 1 N–H and O–H groups in total. The van der Waals surface area contributed by atoms with Crippen LogP contribution in [-0.2, 0) is 24.2 Å². The molecular formula is C26H26N2O2. The molecule has 4 nitrogen and oxygen atoms in total. The van der Waals surface area contributed by atoms with Crippen LogP contribution in [0.4, 0.5) is 0 Å². The van der Waals surface area contributed by atoms with Crippen molar-refractivity contribution in [2.24, 2.45) is 0 Å². The lowest BCUT2D eigenvalue weighted by Crippen LogP contribution is -2.37. The van der Waals surface area contributed by atoms with E-state index >= 15 is 0 Å². The fraction of sp³-hybridized carbons (Fsp3) is 0.231. The summed E-state index contributed by atoms with van der Waals surface area (Å²) in [5.74, 6) is 0.788. The first kappa shape index (κ1) is 21.1. The van der Waals surface area contributed by atoms with Crippen molar-refractivity contribution < 1.29 is 9.53 Å². The Morgan fingerprint density at radius 3 is 2.13 bits per heavy atom. The smallest absolute Gasteiger partial charge is 0.224 e. The van der Waals surface area contributed by atoms with E-state index in [9.17, 15) is 4.79 Å². The Labute approximate surface area is 178 Å². The average Bonchev–Trinajstić information content (AvgIpc) is 2.78. The number of nitriles is 1. The van der Waals surface area contributed by atoms with Crippen LogP contribution in [0.15, 0.2) is 84.9 Å². The van der Waals surface area contributed by atoms with E-state index in [-0.39, 0.29) is 11.9 Å². The summed E-state index contributed by atoms with van der Waals surface area (Å²) in [6.07, 6.45) is 2.06. The second kappa shape index (κ2) is 11.4. The van der Waals surface area contributed by atoms with Crippen LogP contribution < -0.4 is 10.1 Å². The number of ether oxygens (including phenoxy) is 1. The van der Waals surface area contributed by atoms with E-state index in [1.807, 2.05) is 84.9 Å². The molecule has 0 aliphatic rings. The summed E-state index contributed by atoms with van der Waals surface area (Å²) < 4.78 is 5.84. The van der Waals surface area contributed by atoms with Crippen LogP contribution in [0.1, 0.15) is 29.5 Å². The highest BCUT2D eigenvalue weighted by Crippen LogP contribution is 2.16. The van der Waals surface area contributed by atoms with Crippen LogP contribution in [0.5, 0.6) is 5.75 Å². The third-order valence-corrected chi connectivity index (χ3v) is 4.83. The van der Waals surface area contributed by atoms with Gasteiger partial charge in [-0.15, -0.1) is 0 Å². The number of rotatable bonds is 10. The third kappa shape index (κ3) is 7.10. The number of nitrogens with zero attached hydrogens (tertiary/aromatic N) is 1. The first-order chi connectivity index (χ1) is 14.7. The Hall–Kier alpha value is -3.58. The molecule has 0 aromatic heterocycles. The number of amides is 1. The maximum Gasteiger partial charge on any atom is 0.224 e. The highest BCUT2D eigenvalue weighted by atomic mass is 16.5. The maximum absolute atomic E-state index is 12.4. The van der Waals surface area contributed by atoms with Crippen molar-refractivity contribution in [3.8, 4) is 11.8 Å². The fourth-order valence-electron chi connectivity index (χ4n) is 3.27. The minimum Gasteiger partial charge on any atom is -0.489 e. The summed E-state index contributed by atoms with van der Waals surface area (Å²) in [7, 11) is 0. The van der Waals surface area contributed by atoms with Gasteiger partial charge in [0.1, 0.15) is 12.4 Å². The van der Waals surface area contributed by atoms with Crippen LogP contribution in [0, 0.1) is 11.3 Å². The number of carbonyl (C=O) groups excluding carboxylic acids is 1. The summed E-state index contributed by atoms with van der Waals surface area (Å²) in [5.41, 5.74) is 3.21. The summed E-state index contributed by atoms with van der Waals surface area (Å²) in [6, 6.07) is 29.8. The Bertz CT molecular complexity index is 948. The van der Waals surface area contributed by atoms with E-state index in [0.717, 1.165) is 22.4 Å². The van der Waals surface area contributed by atoms with Crippen molar-refractivity contribution >= 4 is 5.91 Å². The van der Waals surface area contributed by atoms with Gasteiger partial charge in [0.05, 0.1) is 12.5 Å². The Morgan fingerprint density at radius 2 is 1.50 bits per heavy atom. The van der Waals surface area contributed by atoms with Gasteiger partial charge in [-0.05, 0) is 41.7 Å². The predicted molar refractivity (Wildman–Crippen MR) is 118 cm³/mol. The monoisotopic (exact) mass is 398 g/mol. The molecule has 1 amide bonds. The maximum atomic E-state index is 12.4. The van der Waals surface area contributed by atoms with E-state index in [1.54, 1.807) is 0 Å². The number of hydrogen-bond acceptors (Lipinski definition) is 3. The van der Waals surface area contributed by atoms with Crippen LogP contribution in [0.3, 0.4) is 0 Å². The molecule has 0 spiro atoms. The number of carbonyl (C=O) groups is 1. The van der Waals surface area contributed by atoms with Gasteiger partial charge >= 0.3 is 0 Å². The lowest BCUT2D eigenvalue weighted by molar-refractivity contribution is -0.121. The zero-order valence-corrected chi connectivity index (χ0v) is 17.0. The molecule has 3 rings (SSSR count). The second-order valence-electron chi connectivity index (χ2n) is 7.25. The van der Waals surface area contributed by atoms with Crippen molar-refractivity contribution in [3.63, 3.8) is 0 Å². The van der Waals surface area contributed by atoms with E-state index in [2.05, 4.69) is 11.4 Å². The van der Waals surface area contributed by atoms with Gasteiger partial charge in [0.25, 0.3) is 0 Å². The van der Waals surface area contributed by atoms with Crippen LogP contribution in [0.25, 0.3) is 0 Å². The highest BCUT2D eigenvalue weighted by Gasteiger charge is 2.13. The lowest BCUT2D eigenvalue weighted by atomic mass is 10.0. The van der Waals surface area contributed by atoms with Gasteiger partial charge in [-0.1, -0.05) is 72.8 Å². The molecule has 0 aliphatic heterocycles. The standard InChI is InChI=1S/C26H26N2O2/c27-17-7-12-24(28-26(29)19-21-8-3-1-4-9-21)18-22-13-15-25(16-14-22)30-20-23-10-5-2-6-11-23/h1-6,8-11,13-16,24H,7,12,18-20H2,(H,28,29)/t24-/m0/s1. The van der Waals surface area contributed by atoms with Gasteiger partial charge in [0.2, 0.25) is 5.91 Å². The fourth-order valence-corrected chi connectivity index (χ4v) is 3.27. The SMILES string of the molecule is N#CCC[C@@H](Cc1ccc(OCc2ccccc2)cc1)NC(=O)Cc1ccccc1. The summed E-state index contributed by atoms with van der Waals surface area (Å²) >= 11 is 0. The Balaban J connectivity index is 1.54. The van der Waals surface area contributed by atoms with Gasteiger partial charge in [-0.2, -0.15) is 5.26 Å². The van der Waals surface area contributed by atoms with E-state index in [4.69, 9.17) is 10.00 Å². The second-order valence-corrected chi connectivity index (χ2v) is 7.25. The van der Waals surface area contributed by atoms with Crippen LogP contribution in [0.2, 0.25) is 0 Å². The molecule has 0 fully saturated rings. The minimum atomic E-state index is -0.0723. The van der Waals surface area contributed by atoms with E-state index in [1.165, 1.54) is 0 Å². The van der Waals surface area contributed by atoms with Gasteiger partial charge < -0.3 is 10.1 Å². The Morgan fingerprint density at radius 1 is 0.867 bits per heavy atom. The summed E-state index contributed by atoms with van der Waals surface area (Å²) in [6.45, 7) is 0.528. The summed E-state index contributed by atoms with van der Waals surface area (Å²) in [4.78, 5) is 12.4. The molecule has 0 saturated heterocycles. The van der Waals surface area contributed by atoms with Crippen molar-refractivity contribution in [1.82, 2.24) is 5.32 Å². The van der Waals surface area contributed by atoms with E-state index < -0.39 is 0 Å². The molecule has 30 heavy (non-hydrogen) atoms. The van der Waals surface area contributed by atoms with Crippen LogP contribution >= 0.6 is 0 Å². The lowest BCUT2D eigenvalue weighted by Gasteiger charge is -2.18. The summed E-state index contributed by atoms with van der Waals surface area (Å²) in [5, 5.41) is 12.0. The number of benzene rings is 3. The zero-order chi connectivity index (χ0) is 21.0. The predicted octanol–water partition coefficient (Wildman–Crippen LogP) is 4.84. The number of hydrogen-bond donors (Lipinski definition) is 1. The van der Waals surface area contributed by atoms with Crippen molar-refractivity contribution in [2.45, 2.75) is 38.3 Å². The molecular weight excluding hydrogens is 372 g/mol. The van der Waals surface area contributed by atoms with Gasteiger partial charge in [0.15, 0.2) is 0 Å². The van der Waals surface area contributed by atoms with Gasteiger partial charge in [-0.25, -0.2) is 0 Å². The molecule has 4 heteroatoms.